The smallest absolute Gasteiger partial charge is 0.277 e. The molecule has 1 atom stereocenters. The summed E-state index contributed by atoms with van der Waals surface area (Å²) in [7, 11) is -3.75. The second-order valence-electron chi connectivity index (χ2n) is 7.52. The van der Waals surface area contributed by atoms with Gasteiger partial charge in [0.05, 0.1) is 0 Å². The summed E-state index contributed by atoms with van der Waals surface area (Å²) in [5.74, 6) is -0.456. The van der Waals surface area contributed by atoms with Crippen LogP contribution in [0.5, 0.6) is 0 Å². The second kappa shape index (κ2) is 10.4. The number of benzene rings is 1. The number of ether oxygens (including phenoxy) is 1. The molecule has 0 spiro atoms. The van der Waals surface area contributed by atoms with E-state index in [4.69, 9.17) is 15.3 Å². The fourth-order valence-electron chi connectivity index (χ4n) is 3.34. The molecular formula is C23H25N3O5S2. The van der Waals surface area contributed by atoms with Crippen LogP contribution in [0.2, 0.25) is 0 Å². The highest BCUT2D eigenvalue weighted by molar-refractivity contribution is 7.92. The highest BCUT2D eigenvalue weighted by Crippen LogP contribution is 2.32. The Kier molecular flexibility index (Phi) is 7.41. The Labute approximate surface area is 196 Å². The van der Waals surface area contributed by atoms with Crippen molar-refractivity contribution >= 4 is 33.3 Å². The van der Waals surface area contributed by atoms with Crippen molar-refractivity contribution in [2.24, 2.45) is 5.73 Å². The van der Waals surface area contributed by atoms with Gasteiger partial charge in [0.2, 0.25) is 0 Å². The summed E-state index contributed by atoms with van der Waals surface area (Å²) in [5, 5.41) is 0. The van der Waals surface area contributed by atoms with Gasteiger partial charge in [-0.05, 0) is 59.9 Å². The van der Waals surface area contributed by atoms with Crippen LogP contribution in [0.1, 0.15) is 30.4 Å². The first kappa shape index (κ1) is 23.4. The molecule has 0 radical (unpaired) electrons. The van der Waals surface area contributed by atoms with E-state index in [1.807, 2.05) is 24.3 Å². The van der Waals surface area contributed by atoms with Crippen molar-refractivity contribution in [1.82, 2.24) is 9.45 Å². The Morgan fingerprint density at radius 2 is 2.15 bits per heavy atom. The molecule has 3 N–H and O–H groups in total. The van der Waals surface area contributed by atoms with E-state index in [9.17, 15) is 13.2 Å². The van der Waals surface area contributed by atoms with Crippen LogP contribution in [0.15, 0.2) is 65.1 Å². The summed E-state index contributed by atoms with van der Waals surface area (Å²) < 4.78 is 32.8. The third-order valence-corrected chi connectivity index (χ3v) is 8.34. The molecular weight excluding hydrogens is 462 g/mol. The summed E-state index contributed by atoms with van der Waals surface area (Å²) in [6, 6.07) is 12.7. The average molecular weight is 488 g/mol. The Morgan fingerprint density at radius 3 is 2.94 bits per heavy atom. The Morgan fingerprint density at radius 1 is 1.27 bits per heavy atom. The van der Waals surface area contributed by atoms with E-state index < -0.39 is 22.2 Å². The van der Waals surface area contributed by atoms with Crippen molar-refractivity contribution in [3.63, 3.8) is 0 Å². The molecule has 33 heavy (non-hydrogen) atoms. The van der Waals surface area contributed by atoms with Gasteiger partial charge in [0.25, 0.3) is 15.9 Å². The molecule has 1 fully saturated rings. The molecule has 0 aliphatic carbocycles. The molecule has 1 aliphatic heterocycles. The Hall–Kier alpha value is -2.76. The van der Waals surface area contributed by atoms with Gasteiger partial charge in [-0.1, -0.05) is 18.2 Å². The maximum atomic E-state index is 13.0. The highest BCUT2D eigenvalue weighted by atomic mass is 32.2. The SMILES string of the molecule is NCc1cccc(-c2ccc(S(=O)(=O)n3ccc(/C=C/C(=O)NOC4CCCCO4)c3)s2)c1. The molecule has 3 heterocycles. The number of carbonyl (C=O) groups is 1. The summed E-state index contributed by atoms with van der Waals surface area (Å²) in [5.41, 5.74) is 10.5. The van der Waals surface area contributed by atoms with Gasteiger partial charge in [-0.2, -0.15) is 8.42 Å². The molecule has 10 heteroatoms. The van der Waals surface area contributed by atoms with Crippen LogP contribution in [0.3, 0.4) is 0 Å². The van der Waals surface area contributed by atoms with Crippen molar-refractivity contribution in [3.05, 3.63) is 72.1 Å². The van der Waals surface area contributed by atoms with Crippen molar-refractivity contribution < 1.29 is 22.8 Å². The number of carbonyl (C=O) groups excluding carboxylic acids is 1. The highest BCUT2D eigenvalue weighted by Gasteiger charge is 2.20. The summed E-state index contributed by atoms with van der Waals surface area (Å²) >= 11 is 1.19. The largest absolute Gasteiger partial charge is 0.350 e. The van der Waals surface area contributed by atoms with Gasteiger partial charge in [0.15, 0.2) is 6.29 Å². The zero-order valence-corrected chi connectivity index (χ0v) is 19.5. The number of hydrogen-bond acceptors (Lipinski definition) is 7. The first-order chi connectivity index (χ1) is 16.0. The van der Waals surface area contributed by atoms with Crippen LogP contribution in [0, 0.1) is 0 Å². The number of nitrogens with one attached hydrogen (secondary N) is 1. The number of hydroxylamine groups is 1. The van der Waals surface area contributed by atoms with Crippen LogP contribution in [0.4, 0.5) is 0 Å². The van der Waals surface area contributed by atoms with Crippen molar-refractivity contribution in [3.8, 4) is 10.4 Å². The molecule has 2 aromatic heterocycles. The average Bonchev–Trinajstić information content (AvgIpc) is 3.53. The van der Waals surface area contributed by atoms with Crippen LogP contribution in [-0.2, 0) is 30.9 Å². The molecule has 1 amide bonds. The normalized spacial score (nSPS) is 16.8. The Balaban J connectivity index is 1.41. The zero-order chi connectivity index (χ0) is 23.3. The number of amides is 1. The lowest BCUT2D eigenvalue weighted by Crippen LogP contribution is -2.32. The van der Waals surface area contributed by atoms with Crippen LogP contribution in [-0.4, -0.2) is 31.2 Å². The molecule has 0 bridgehead atoms. The van der Waals surface area contributed by atoms with Crippen molar-refractivity contribution in [2.75, 3.05) is 6.61 Å². The number of aromatic nitrogens is 1. The molecule has 1 aliphatic rings. The van der Waals surface area contributed by atoms with Gasteiger partial charge in [0, 0.05) is 42.9 Å². The number of thiophene rings is 1. The van der Waals surface area contributed by atoms with E-state index in [-0.39, 0.29) is 4.21 Å². The fraction of sp³-hybridized carbons (Fsp3) is 0.261. The molecule has 0 saturated carbocycles. The van der Waals surface area contributed by atoms with Crippen molar-refractivity contribution in [2.45, 2.75) is 36.3 Å². The second-order valence-corrected chi connectivity index (χ2v) is 10.7. The van der Waals surface area contributed by atoms with Gasteiger partial charge in [-0.3, -0.25) is 4.79 Å². The van der Waals surface area contributed by atoms with Gasteiger partial charge in [0.1, 0.15) is 4.21 Å². The van der Waals surface area contributed by atoms with Crippen LogP contribution >= 0.6 is 11.3 Å². The minimum atomic E-state index is -3.75. The lowest BCUT2D eigenvalue weighted by molar-refractivity contribution is -0.198. The minimum absolute atomic E-state index is 0.223. The zero-order valence-electron chi connectivity index (χ0n) is 17.8. The van der Waals surface area contributed by atoms with Gasteiger partial charge >= 0.3 is 0 Å². The molecule has 3 aromatic rings. The van der Waals surface area contributed by atoms with Crippen LogP contribution in [0.25, 0.3) is 16.5 Å². The maximum absolute atomic E-state index is 13.0. The lowest BCUT2D eigenvalue weighted by Gasteiger charge is -2.21. The molecule has 4 rings (SSSR count). The van der Waals surface area contributed by atoms with E-state index in [0.29, 0.717) is 18.7 Å². The van der Waals surface area contributed by atoms with Gasteiger partial charge < -0.3 is 10.5 Å². The van der Waals surface area contributed by atoms with E-state index in [1.54, 1.807) is 18.2 Å². The van der Waals surface area contributed by atoms with Gasteiger partial charge in [-0.25, -0.2) is 14.3 Å². The lowest BCUT2D eigenvalue weighted by atomic mass is 10.1. The van der Waals surface area contributed by atoms with Crippen molar-refractivity contribution in [1.29, 1.82) is 0 Å². The monoisotopic (exact) mass is 487 g/mol. The maximum Gasteiger partial charge on any atom is 0.277 e. The van der Waals surface area contributed by atoms with E-state index >= 15 is 0 Å². The standard InChI is InChI=1S/C23H25N3O5S2/c24-15-18-4-3-5-19(14-18)20-8-10-23(32-20)33(28,29)26-12-11-17(16-26)7-9-21(27)25-31-22-6-1-2-13-30-22/h3-5,7-12,14,16,22H,1-2,6,13,15,24H2,(H,25,27)/b9-7+. The van der Waals surface area contributed by atoms with E-state index in [1.165, 1.54) is 35.9 Å². The predicted octanol–water partition coefficient (Wildman–Crippen LogP) is 3.50. The summed E-state index contributed by atoms with van der Waals surface area (Å²) in [6.45, 7) is 1.03. The quantitative estimate of drug-likeness (QED) is 0.371. The minimum Gasteiger partial charge on any atom is -0.350 e. The van der Waals surface area contributed by atoms with Gasteiger partial charge in [-0.15, -0.1) is 11.3 Å². The first-order valence-corrected chi connectivity index (χ1v) is 12.8. The van der Waals surface area contributed by atoms with Crippen LogP contribution < -0.4 is 11.2 Å². The number of nitrogens with two attached hydrogens (primary N) is 1. The van der Waals surface area contributed by atoms with E-state index in [0.717, 1.165) is 39.2 Å². The predicted molar refractivity (Wildman–Crippen MR) is 127 cm³/mol. The molecule has 1 aromatic carbocycles. The summed E-state index contributed by atoms with van der Waals surface area (Å²) in [6.07, 6.45) is 7.98. The first-order valence-electron chi connectivity index (χ1n) is 10.5. The third kappa shape index (κ3) is 5.79. The number of hydrogen-bond donors (Lipinski definition) is 2. The van der Waals surface area contributed by atoms with E-state index in [2.05, 4.69) is 5.48 Å². The molecule has 1 saturated heterocycles. The molecule has 174 valence electrons. The topological polar surface area (TPSA) is 113 Å². The Bertz CT molecular complexity index is 1240. The number of rotatable bonds is 8. The number of nitrogens with zero attached hydrogens (tertiary/aromatic N) is 1. The third-order valence-electron chi connectivity index (χ3n) is 5.11. The molecule has 1 unspecified atom stereocenters. The molecule has 8 nitrogen and oxygen atoms in total. The summed E-state index contributed by atoms with van der Waals surface area (Å²) in [4.78, 5) is 18.0. The fourth-order valence-corrected chi connectivity index (χ4v) is 5.96.